The fourth-order valence-electron chi connectivity index (χ4n) is 2.55. The number of nitrogens with zero attached hydrogens (tertiary/aromatic N) is 5. The van der Waals surface area contributed by atoms with E-state index in [0.717, 1.165) is 22.4 Å². The third-order valence-electron chi connectivity index (χ3n) is 3.53. The zero-order valence-corrected chi connectivity index (χ0v) is 10.9. The summed E-state index contributed by atoms with van der Waals surface area (Å²) < 4.78 is 2.11. The van der Waals surface area contributed by atoms with Crippen LogP contribution in [0.1, 0.15) is 17.2 Å². The van der Waals surface area contributed by atoms with Crippen LogP contribution in [-0.2, 0) is 6.42 Å². The van der Waals surface area contributed by atoms with Crippen LogP contribution >= 0.6 is 0 Å². The lowest BCUT2D eigenvalue weighted by Crippen LogP contribution is -1.98. The number of rotatable bonds is 2. The van der Waals surface area contributed by atoms with Gasteiger partial charge in [-0.25, -0.2) is 4.98 Å². The van der Waals surface area contributed by atoms with E-state index in [1.807, 2.05) is 25.3 Å². The Balaban J connectivity index is 1.97. The van der Waals surface area contributed by atoms with Gasteiger partial charge in [0.05, 0.1) is 17.8 Å². The summed E-state index contributed by atoms with van der Waals surface area (Å²) in [6.07, 6.45) is 2.66. The van der Waals surface area contributed by atoms with E-state index >= 15 is 0 Å². The number of H-pyrrole nitrogens is 1. The summed E-state index contributed by atoms with van der Waals surface area (Å²) in [7, 11) is 0. The number of pyridine rings is 1. The minimum Gasteiger partial charge on any atom is -0.303 e. The smallest absolute Gasteiger partial charge is 0.180 e. The predicted octanol–water partition coefficient (Wildman–Crippen LogP) is 1.90. The van der Waals surface area contributed by atoms with Crippen molar-refractivity contribution in [3.05, 3.63) is 53.7 Å². The van der Waals surface area contributed by atoms with Crippen molar-refractivity contribution in [2.24, 2.45) is 0 Å². The summed E-state index contributed by atoms with van der Waals surface area (Å²) in [5.41, 5.74) is 3.05. The number of nitrogens with one attached hydrogen (secondary N) is 1. The summed E-state index contributed by atoms with van der Waals surface area (Å²) >= 11 is 0. The van der Waals surface area contributed by atoms with E-state index in [-0.39, 0.29) is 0 Å². The lowest BCUT2D eigenvalue weighted by atomic mass is 10.2. The first-order chi connectivity index (χ1) is 9.83. The van der Waals surface area contributed by atoms with E-state index < -0.39 is 0 Å². The number of hydrogen-bond acceptors (Lipinski definition) is 4. The van der Waals surface area contributed by atoms with Crippen molar-refractivity contribution in [3.63, 3.8) is 0 Å². The topological polar surface area (TPSA) is 71.8 Å². The molecule has 4 rings (SSSR count). The Morgan fingerprint density at radius 3 is 2.95 bits per heavy atom. The molecule has 3 aromatic heterocycles. The molecule has 4 aromatic rings. The van der Waals surface area contributed by atoms with Crippen LogP contribution in [0.3, 0.4) is 0 Å². The Labute approximate surface area is 114 Å². The van der Waals surface area contributed by atoms with Gasteiger partial charge in [-0.3, -0.25) is 0 Å². The lowest BCUT2D eigenvalue weighted by molar-refractivity contribution is 0.881. The molecule has 0 aliphatic carbocycles. The molecule has 1 N–H and O–H groups in total. The Kier molecular flexibility index (Phi) is 2.29. The fourth-order valence-corrected chi connectivity index (χ4v) is 2.55. The Hall–Kier alpha value is -2.76. The Bertz CT molecular complexity index is 891. The molecule has 0 unspecified atom stereocenters. The highest BCUT2D eigenvalue weighted by Gasteiger charge is 2.13. The van der Waals surface area contributed by atoms with Gasteiger partial charge in [-0.05, 0) is 18.4 Å². The number of aromatic amines is 1. The Morgan fingerprint density at radius 2 is 2.10 bits per heavy atom. The van der Waals surface area contributed by atoms with E-state index in [0.29, 0.717) is 12.2 Å². The van der Waals surface area contributed by atoms with Gasteiger partial charge in [0.15, 0.2) is 5.82 Å². The molecular weight excluding hydrogens is 252 g/mol. The van der Waals surface area contributed by atoms with Gasteiger partial charge in [0.25, 0.3) is 0 Å². The maximum atomic E-state index is 4.70. The van der Waals surface area contributed by atoms with Crippen LogP contribution in [0.25, 0.3) is 16.4 Å². The molecule has 0 aliphatic heterocycles. The van der Waals surface area contributed by atoms with Crippen molar-refractivity contribution < 1.29 is 0 Å². The summed E-state index contributed by atoms with van der Waals surface area (Å²) in [5, 5.41) is 16.4. The largest absolute Gasteiger partial charge is 0.303 e. The van der Waals surface area contributed by atoms with Crippen molar-refractivity contribution in [2.45, 2.75) is 13.3 Å². The van der Waals surface area contributed by atoms with Gasteiger partial charge in [0.1, 0.15) is 5.65 Å². The van der Waals surface area contributed by atoms with Crippen molar-refractivity contribution in [1.29, 1.82) is 0 Å². The molecule has 1 aromatic carbocycles. The molecule has 0 saturated heterocycles. The first-order valence-corrected chi connectivity index (χ1v) is 6.40. The van der Waals surface area contributed by atoms with Gasteiger partial charge in [-0.15, -0.1) is 10.2 Å². The zero-order valence-electron chi connectivity index (χ0n) is 10.9. The molecule has 0 atom stereocenters. The maximum absolute atomic E-state index is 4.70. The van der Waals surface area contributed by atoms with Crippen molar-refractivity contribution in [1.82, 2.24) is 30.0 Å². The van der Waals surface area contributed by atoms with E-state index in [1.54, 1.807) is 0 Å². The molecular formula is C14H12N6. The fraction of sp³-hybridized carbons (Fsp3) is 0.143. The molecule has 0 aliphatic rings. The van der Waals surface area contributed by atoms with Crippen LogP contribution in [0.2, 0.25) is 0 Å². The first kappa shape index (κ1) is 11.1. The monoisotopic (exact) mass is 264 g/mol. The summed E-state index contributed by atoms with van der Waals surface area (Å²) in [6.45, 7) is 2.01. The van der Waals surface area contributed by atoms with Crippen LogP contribution in [0, 0.1) is 6.92 Å². The van der Waals surface area contributed by atoms with Gasteiger partial charge in [0, 0.05) is 11.6 Å². The third-order valence-corrected chi connectivity index (χ3v) is 3.53. The van der Waals surface area contributed by atoms with Gasteiger partial charge < -0.3 is 4.40 Å². The molecule has 0 bridgehead atoms. The van der Waals surface area contributed by atoms with Crippen LogP contribution in [-0.4, -0.2) is 30.0 Å². The Morgan fingerprint density at radius 1 is 1.20 bits per heavy atom. The number of tetrazole rings is 1. The van der Waals surface area contributed by atoms with Gasteiger partial charge >= 0.3 is 0 Å². The molecule has 0 saturated carbocycles. The lowest BCUT2D eigenvalue weighted by Gasteiger charge is -2.03. The maximum Gasteiger partial charge on any atom is 0.180 e. The van der Waals surface area contributed by atoms with E-state index in [1.165, 1.54) is 5.39 Å². The van der Waals surface area contributed by atoms with Crippen LogP contribution in [0.5, 0.6) is 0 Å². The highest BCUT2D eigenvalue weighted by Crippen LogP contribution is 2.22. The standard InChI is InChI=1S/C14H12N6/c1-9-12(8-13-16-18-19-17-13)20-7-6-10-4-2-3-5-11(10)14(20)15-9/h2-7H,8H2,1H3,(H,16,17,18,19). The molecule has 0 spiro atoms. The molecule has 3 heterocycles. The number of benzene rings is 1. The number of imidazole rings is 1. The van der Waals surface area contributed by atoms with E-state index in [9.17, 15) is 0 Å². The summed E-state index contributed by atoms with van der Waals surface area (Å²) in [5.74, 6) is 0.669. The van der Waals surface area contributed by atoms with Crippen LogP contribution < -0.4 is 0 Å². The number of aryl methyl sites for hydroxylation is 1. The van der Waals surface area contributed by atoms with E-state index in [4.69, 9.17) is 4.98 Å². The molecule has 20 heavy (non-hydrogen) atoms. The second-order valence-electron chi connectivity index (χ2n) is 4.75. The normalized spacial score (nSPS) is 11.4. The van der Waals surface area contributed by atoms with Crippen LogP contribution in [0.15, 0.2) is 36.5 Å². The minimum absolute atomic E-state index is 0.613. The molecule has 0 amide bonds. The second kappa shape index (κ2) is 4.12. The molecule has 0 fully saturated rings. The average Bonchev–Trinajstić information content (AvgIpc) is 3.08. The SMILES string of the molecule is Cc1nc2c3ccccc3ccn2c1Cc1nn[nH]n1. The zero-order chi connectivity index (χ0) is 13.5. The third kappa shape index (κ3) is 1.58. The molecule has 98 valence electrons. The average molecular weight is 264 g/mol. The minimum atomic E-state index is 0.613. The van der Waals surface area contributed by atoms with Gasteiger partial charge in [-0.1, -0.05) is 29.5 Å². The molecule has 0 radical (unpaired) electrons. The second-order valence-corrected chi connectivity index (χ2v) is 4.75. The van der Waals surface area contributed by atoms with Gasteiger partial charge in [0.2, 0.25) is 0 Å². The number of hydrogen-bond donors (Lipinski definition) is 1. The first-order valence-electron chi connectivity index (χ1n) is 6.40. The highest BCUT2D eigenvalue weighted by molar-refractivity contribution is 5.94. The predicted molar refractivity (Wildman–Crippen MR) is 74.4 cm³/mol. The number of aromatic nitrogens is 6. The van der Waals surface area contributed by atoms with Gasteiger partial charge in [-0.2, -0.15) is 5.21 Å². The van der Waals surface area contributed by atoms with E-state index in [2.05, 4.69) is 43.2 Å². The summed E-state index contributed by atoms with van der Waals surface area (Å²) in [6, 6.07) is 10.4. The molecule has 6 nitrogen and oxygen atoms in total. The van der Waals surface area contributed by atoms with Crippen LogP contribution in [0.4, 0.5) is 0 Å². The summed E-state index contributed by atoms with van der Waals surface area (Å²) in [4.78, 5) is 4.70. The van der Waals surface area contributed by atoms with Crippen molar-refractivity contribution in [2.75, 3.05) is 0 Å². The highest BCUT2D eigenvalue weighted by atomic mass is 15.5. The number of fused-ring (bicyclic) bond motifs is 3. The van der Waals surface area contributed by atoms with Crippen molar-refractivity contribution >= 4 is 16.4 Å². The quantitative estimate of drug-likeness (QED) is 0.600. The molecule has 6 heteroatoms. The van der Waals surface area contributed by atoms with Crippen molar-refractivity contribution in [3.8, 4) is 0 Å².